The zero-order valence-corrected chi connectivity index (χ0v) is 17.1. The SMILES string of the molecule is O=[N+]([O-])[O][Hg][O][N+](=O)[O-].c1cnc2c(c1)ccc1cccnc12. The third-order valence-electron chi connectivity index (χ3n) is 2.66. The van der Waals surface area contributed by atoms with Crippen LogP contribution in [-0.4, -0.2) is 20.1 Å². The minimum absolute atomic E-state index is 0.977. The third kappa shape index (κ3) is 4.95. The number of pyridine rings is 2. The number of benzene rings is 1. The van der Waals surface area contributed by atoms with Crippen molar-refractivity contribution in [2.24, 2.45) is 0 Å². The summed E-state index contributed by atoms with van der Waals surface area (Å²) in [6.45, 7) is 0. The molecule has 0 unspecified atom stereocenters. The first kappa shape index (κ1) is 16.7. The molecule has 3 aromatic rings. The molecular weight excluding hydrogens is 497 g/mol. The fraction of sp³-hybridized carbons (Fsp3) is 0. The van der Waals surface area contributed by atoms with Gasteiger partial charge >= 0.3 is 61.4 Å². The molecule has 2 aromatic heterocycles. The van der Waals surface area contributed by atoms with Crippen molar-refractivity contribution in [3.05, 3.63) is 69.0 Å². The molecule has 114 valence electrons. The van der Waals surface area contributed by atoms with Crippen molar-refractivity contribution in [3.63, 3.8) is 0 Å². The van der Waals surface area contributed by atoms with Crippen LogP contribution < -0.4 is 0 Å². The molecule has 0 N–H and O–H groups in total. The van der Waals surface area contributed by atoms with Gasteiger partial charge in [-0.1, -0.05) is 24.3 Å². The van der Waals surface area contributed by atoms with E-state index in [-0.39, 0.29) is 0 Å². The Bertz CT molecular complexity index is 777. The van der Waals surface area contributed by atoms with E-state index < -0.39 is 35.7 Å². The molecule has 0 aliphatic rings. The minimum atomic E-state index is -2.74. The molecule has 1 aromatic carbocycles. The van der Waals surface area contributed by atoms with Crippen molar-refractivity contribution >= 4 is 21.8 Å². The maximum absolute atomic E-state index is 9.32. The fourth-order valence-electron chi connectivity index (χ4n) is 1.79. The first-order chi connectivity index (χ1) is 11.1. The Hall–Kier alpha value is -2.62. The molecule has 2 heterocycles. The average molecular weight is 505 g/mol. The van der Waals surface area contributed by atoms with E-state index in [4.69, 9.17) is 0 Å². The molecule has 3 rings (SSSR count). The van der Waals surface area contributed by atoms with Crippen molar-refractivity contribution in [3.8, 4) is 0 Å². The molecule has 10 nitrogen and oxygen atoms in total. The number of hydrogen-bond donors (Lipinski definition) is 0. The van der Waals surface area contributed by atoms with Crippen LogP contribution in [-0.2, 0) is 31.0 Å². The summed E-state index contributed by atoms with van der Waals surface area (Å²) < 4.78 is 7.27. The normalized spacial score (nSPS) is 9.39. The van der Waals surface area contributed by atoms with Gasteiger partial charge in [0.15, 0.2) is 0 Å². The fourth-order valence-corrected chi connectivity index (χ4v) is 2.64. The standard InChI is InChI=1S/C12H8N2.Hg.2NO3/c1-3-9-5-6-10-4-2-8-14-12(10)11(9)13-7-1;;2*2-1(3)4/h1-8H;;;/q;+2;2*-1. The molecule has 0 saturated heterocycles. The van der Waals surface area contributed by atoms with E-state index in [9.17, 15) is 20.2 Å². The van der Waals surface area contributed by atoms with Gasteiger partial charge in [0, 0.05) is 23.2 Å². The van der Waals surface area contributed by atoms with E-state index in [1.165, 1.54) is 0 Å². The summed E-state index contributed by atoms with van der Waals surface area (Å²) in [5.74, 6) is 0. The second-order valence-corrected chi connectivity index (χ2v) is 6.96. The van der Waals surface area contributed by atoms with Gasteiger partial charge in [0.05, 0.1) is 11.0 Å². The van der Waals surface area contributed by atoms with Gasteiger partial charge in [-0.3, -0.25) is 9.97 Å². The molecule has 23 heavy (non-hydrogen) atoms. The van der Waals surface area contributed by atoms with Crippen LogP contribution in [0.25, 0.3) is 21.8 Å². The summed E-state index contributed by atoms with van der Waals surface area (Å²) in [5, 5.41) is 18.7. The number of hydrogen-bond acceptors (Lipinski definition) is 8. The zero-order valence-electron chi connectivity index (χ0n) is 11.6. The van der Waals surface area contributed by atoms with Crippen LogP contribution in [0.15, 0.2) is 48.8 Å². The van der Waals surface area contributed by atoms with E-state index in [0.717, 1.165) is 21.8 Å². The summed E-state index contributed by atoms with van der Waals surface area (Å²) >= 11 is -2.74. The van der Waals surface area contributed by atoms with Crippen LogP contribution in [0.1, 0.15) is 0 Å². The predicted octanol–water partition coefficient (Wildman–Crippen LogP) is 2.10. The number of aromatic nitrogens is 2. The first-order valence-corrected chi connectivity index (χ1v) is 10.7. The van der Waals surface area contributed by atoms with Gasteiger partial charge < -0.3 is 0 Å². The van der Waals surface area contributed by atoms with E-state index >= 15 is 0 Å². The third-order valence-corrected chi connectivity index (χ3v) is 5.12. The molecule has 0 radical (unpaired) electrons. The maximum Gasteiger partial charge on any atom is 0.0964 e. The van der Waals surface area contributed by atoms with Crippen LogP contribution in [0.2, 0.25) is 0 Å². The summed E-state index contributed by atoms with van der Waals surface area (Å²) in [6.07, 6.45) is 3.60. The largest absolute Gasteiger partial charge is 0.254 e. The molecule has 0 spiro atoms. The monoisotopic (exact) mass is 506 g/mol. The van der Waals surface area contributed by atoms with Crippen LogP contribution in [0, 0.1) is 20.2 Å². The van der Waals surface area contributed by atoms with Gasteiger partial charge in [0.2, 0.25) is 0 Å². The van der Waals surface area contributed by atoms with E-state index in [2.05, 4.69) is 39.7 Å². The Morgan fingerprint density at radius 3 is 1.65 bits per heavy atom. The quantitative estimate of drug-likeness (QED) is 0.228. The van der Waals surface area contributed by atoms with Gasteiger partial charge in [0.1, 0.15) is 0 Å². The summed E-state index contributed by atoms with van der Waals surface area (Å²) in [7, 11) is 0. The average Bonchev–Trinajstić information content (AvgIpc) is 2.55. The van der Waals surface area contributed by atoms with Crippen LogP contribution in [0.4, 0.5) is 0 Å². The number of rotatable bonds is 4. The van der Waals surface area contributed by atoms with Gasteiger partial charge in [-0.2, -0.15) is 0 Å². The van der Waals surface area contributed by atoms with Crippen molar-refractivity contribution in [1.29, 1.82) is 0 Å². The first-order valence-electron chi connectivity index (χ1n) is 6.21. The molecule has 0 saturated carbocycles. The van der Waals surface area contributed by atoms with Crippen LogP contribution in [0.5, 0.6) is 0 Å². The van der Waals surface area contributed by atoms with Crippen LogP contribution in [0.3, 0.4) is 0 Å². The summed E-state index contributed by atoms with van der Waals surface area (Å²) in [5.41, 5.74) is 1.95. The minimum Gasteiger partial charge on any atom is -0.254 e. The van der Waals surface area contributed by atoms with Crippen molar-refractivity contribution in [2.45, 2.75) is 0 Å². The van der Waals surface area contributed by atoms with Crippen molar-refractivity contribution < 1.29 is 41.2 Å². The number of nitrogens with zero attached hydrogens (tertiary/aromatic N) is 4. The van der Waals surface area contributed by atoms with Gasteiger partial charge in [-0.25, -0.2) is 0 Å². The Balaban J connectivity index is 0.000000188. The molecule has 11 heteroatoms. The van der Waals surface area contributed by atoms with Crippen molar-refractivity contribution in [2.75, 3.05) is 0 Å². The Kier molecular flexibility index (Phi) is 5.91. The molecule has 0 bridgehead atoms. The van der Waals surface area contributed by atoms with Crippen LogP contribution >= 0.6 is 0 Å². The molecule has 0 atom stereocenters. The second kappa shape index (κ2) is 8.13. The maximum atomic E-state index is 9.32. The second-order valence-electron chi connectivity index (χ2n) is 4.04. The van der Waals surface area contributed by atoms with E-state index in [1.54, 1.807) is 12.4 Å². The molecule has 0 aliphatic heterocycles. The van der Waals surface area contributed by atoms with Gasteiger partial charge in [-0.15, -0.1) is 0 Å². The topological polar surface area (TPSA) is 131 Å². The van der Waals surface area contributed by atoms with Gasteiger partial charge in [0.25, 0.3) is 0 Å². The predicted molar refractivity (Wildman–Crippen MR) is 73.2 cm³/mol. The zero-order chi connectivity index (χ0) is 16.7. The summed E-state index contributed by atoms with van der Waals surface area (Å²) in [6, 6.07) is 12.1. The van der Waals surface area contributed by atoms with E-state index in [1.807, 2.05) is 12.1 Å². The molecule has 0 fully saturated rings. The van der Waals surface area contributed by atoms with Gasteiger partial charge in [-0.05, 0) is 12.1 Å². The van der Waals surface area contributed by atoms with Crippen molar-refractivity contribution in [1.82, 2.24) is 9.97 Å². The Morgan fingerprint density at radius 2 is 1.26 bits per heavy atom. The smallest absolute Gasteiger partial charge is 0.0964 e. The summed E-state index contributed by atoms with van der Waals surface area (Å²) in [4.78, 5) is 27.3. The number of fused-ring (bicyclic) bond motifs is 3. The molecular formula is C12H8HgN4O6. The Labute approximate surface area is 142 Å². The Morgan fingerprint density at radius 1 is 0.826 bits per heavy atom. The molecule has 0 aliphatic carbocycles. The van der Waals surface area contributed by atoms with E-state index in [0.29, 0.717) is 0 Å². The molecule has 0 amide bonds.